The fourth-order valence-electron chi connectivity index (χ4n) is 4.84. The van der Waals surface area contributed by atoms with Crippen molar-refractivity contribution >= 4 is 42.9 Å². The summed E-state index contributed by atoms with van der Waals surface area (Å²) in [5.41, 5.74) is 4.02. The van der Waals surface area contributed by atoms with Crippen molar-refractivity contribution < 1.29 is 42.7 Å². The summed E-state index contributed by atoms with van der Waals surface area (Å²) >= 11 is 0. The van der Waals surface area contributed by atoms with Gasteiger partial charge in [-0.05, 0) is 66.8 Å². The Morgan fingerprint density at radius 2 is 1.50 bits per heavy atom. The number of nitrogens with one attached hydrogen (secondary N) is 2. The maximum absolute atomic E-state index is 13.1. The van der Waals surface area contributed by atoms with Gasteiger partial charge < -0.3 is 34.8 Å². The summed E-state index contributed by atoms with van der Waals surface area (Å²) in [6.45, 7) is 16.4. The Hall–Kier alpha value is -3.44. The fourth-order valence-corrected chi connectivity index (χ4v) is 5.46. The summed E-state index contributed by atoms with van der Waals surface area (Å²) < 4.78 is 25.8. The molecule has 256 valence electrons. The van der Waals surface area contributed by atoms with Gasteiger partial charge in [-0.1, -0.05) is 72.2 Å². The number of phosphoric ester groups is 1. The standard InChI is InChI=1S/C33H50N3O9P/c1-9-25(17-30(37)43-20-44-32(38)31(23(6)7)45-46(40,41)42)26-12-15-29(36(18-21(2)3)19-22(4)5)28(16-26)35-33(39)34-27-13-10-24(8)11-14-27/h10-16,21-23,25,31H,9,17-20H2,1-8H3,(H2,34,35,39)(H2,40,41,42)/t25-,31-/m0/s1. The van der Waals surface area contributed by atoms with E-state index in [0.29, 0.717) is 29.6 Å². The van der Waals surface area contributed by atoms with E-state index in [9.17, 15) is 18.9 Å². The lowest BCUT2D eigenvalue weighted by Gasteiger charge is -2.31. The van der Waals surface area contributed by atoms with Crippen LogP contribution in [0.15, 0.2) is 42.5 Å². The Kier molecular flexibility index (Phi) is 15.2. The smallest absolute Gasteiger partial charge is 0.428 e. The van der Waals surface area contributed by atoms with Gasteiger partial charge in [-0.2, -0.15) is 0 Å². The van der Waals surface area contributed by atoms with Crippen LogP contribution in [0.4, 0.5) is 21.9 Å². The van der Waals surface area contributed by atoms with Gasteiger partial charge in [-0.3, -0.25) is 9.32 Å². The Morgan fingerprint density at radius 3 is 2.02 bits per heavy atom. The largest absolute Gasteiger partial charge is 0.470 e. The third kappa shape index (κ3) is 13.5. The summed E-state index contributed by atoms with van der Waals surface area (Å²) in [5, 5.41) is 5.91. The van der Waals surface area contributed by atoms with Crippen molar-refractivity contribution in [1.82, 2.24) is 0 Å². The number of carbonyl (C=O) groups excluding carboxylic acids is 3. The molecule has 0 radical (unpaired) electrons. The number of hydrogen-bond acceptors (Lipinski definition) is 8. The number of ether oxygens (including phenoxy) is 2. The highest BCUT2D eigenvalue weighted by molar-refractivity contribution is 7.46. The monoisotopic (exact) mass is 663 g/mol. The minimum Gasteiger partial charge on any atom is -0.428 e. The van der Waals surface area contributed by atoms with Crippen LogP contribution in [0.2, 0.25) is 0 Å². The molecule has 0 saturated heterocycles. The van der Waals surface area contributed by atoms with Crippen molar-refractivity contribution in [3.05, 3.63) is 53.6 Å². The van der Waals surface area contributed by atoms with Gasteiger partial charge in [-0.15, -0.1) is 0 Å². The van der Waals surface area contributed by atoms with Crippen LogP contribution in [0.1, 0.15) is 78.4 Å². The minimum absolute atomic E-state index is 0.0311. The Labute approximate surface area is 272 Å². The third-order valence-electron chi connectivity index (χ3n) is 6.98. The molecule has 0 saturated carbocycles. The molecule has 0 aliphatic carbocycles. The first-order valence-electron chi connectivity index (χ1n) is 15.6. The quantitative estimate of drug-likeness (QED) is 0.0802. The molecule has 46 heavy (non-hydrogen) atoms. The molecule has 0 heterocycles. The number of amides is 2. The highest BCUT2D eigenvalue weighted by Gasteiger charge is 2.32. The highest BCUT2D eigenvalue weighted by Crippen LogP contribution is 2.39. The molecule has 2 aromatic rings. The molecule has 0 unspecified atom stereocenters. The first-order valence-corrected chi connectivity index (χ1v) is 17.1. The molecule has 0 aliphatic heterocycles. The number of esters is 2. The molecule has 0 spiro atoms. The van der Waals surface area contributed by atoms with Gasteiger partial charge in [0.05, 0.1) is 17.8 Å². The van der Waals surface area contributed by atoms with Gasteiger partial charge in [-0.25, -0.2) is 14.2 Å². The molecule has 2 amide bonds. The van der Waals surface area contributed by atoms with Crippen molar-refractivity contribution in [3.8, 4) is 0 Å². The molecule has 0 aliphatic rings. The highest BCUT2D eigenvalue weighted by atomic mass is 31.2. The first-order chi connectivity index (χ1) is 21.5. The molecule has 2 rings (SSSR count). The van der Waals surface area contributed by atoms with E-state index in [-0.39, 0.29) is 12.3 Å². The van der Waals surface area contributed by atoms with Crippen LogP contribution in [0.25, 0.3) is 0 Å². The normalized spacial score (nSPS) is 13.0. The number of phosphoric acid groups is 1. The predicted octanol–water partition coefficient (Wildman–Crippen LogP) is 6.82. The van der Waals surface area contributed by atoms with Crippen LogP contribution in [0.5, 0.6) is 0 Å². The van der Waals surface area contributed by atoms with E-state index in [1.54, 1.807) is 0 Å². The molecule has 13 heteroatoms. The van der Waals surface area contributed by atoms with Crippen molar-refractivity contribution in [1.29, 1.82) is 0 Å². The minimum atomic E-state index is -4.94. The third-order valence-corrected chi connectivity index (χ3v) is 7.48. The van der Waals surface area contributed by atoms with E-state index in [2.05, 4.69) is 47.8 Å². The maximum Gasteiger partial charge on any atom is 0.470 e. The maximum atomic E-state index is 13.1. The summed E-state index contributed by atoms with van der Waals surface area (Å²) in [6, 6.07) is 12.9. The second-order valence-electron chi connectivity index (χ2n) is 12.6. The zero-order valence-electron chi connectivity index (χ0n) is 28.1. The molecule has 0 bridgehead atoms. The van der Waals surface area contributed by atoms with Crippen LogP contribution in [-0.2, 0) is 28.2 Å². The van der Waals surface area contributed by atoms with Crippen LogP contribution < -0.4 is 15.5 Å². The molecule has 2 aromatic carbocycles. The fraction of sp³-hybridized carbons (Fsp3) is 0.545. The number of aryl methyl sites for hydroxylation is 1. The lowest BCUT2D eigenvalue weighted by atomic mass is 9.92. The van der Waals surface area contributed by atoms with Crippen molar-refractivity contribution in [2.75, 3.05) is 35.4 Å². The number of urea groups is 1. The van der Waals surface area contributed by atoms with Gasteiger partial charge in [0.25, 0.3) is 0 Å². The SMILES string of the molecule is CC[C@@H](CC(=O)OCOC(=O)[C@@H](OP(=O)(O)O)C(C)C)c1ccc(N(CC(C)C)CC(C)C)c(NC(=O)Nc2ccc(C)cc2)c1. The van der Waals surface area contributed by atoms with Crippen molar-refractivity contribution in [2.24, 2.45) is 17.8 Å². The van der Waals surface area contributed by atoms with E-state index >= 15 is 0 Å². The Balaban J connectivity index is 2.24. The predicted molar refractivity (Wildman–Crippen MR) is 179 cm³/mol. The second kappa shape index (κ2) is 18.0. The van der Waals surface area contributed by atoms with Gasteiger partial charge in [0, 0.05) is 18.8 Å². The number of nitrogens with zero attached hydrogens (tertiary/aromatic N) is 1. The lowest BCUT2D eigenvalue weighted by molar-refractivity contribution is -0.174. The number of anilines is 3. The summed E-state index contributed by atoms with van der Waals surface area (Å²) in [4.78, 5) is 58.6. The number of rotatable bonds is 17. The molecule has 4 N–H and O–H groups in total. The number of benzene rings is 2. The van der Waals surface area contributed by atoms with E-state index in [4.69, 9.17) is 19.3 Å². The molecule has 0 aromatic heterocycles. The summed E-state index contributed by atoms with van der Waals surface area (Å²) in [6.07, 6.45) is -0.978. The average molecular weight is 664 g/mol. The van der Waals surface area contributed by atoms with Gasteiger partial charge in [0.2, 0.25) is 6.79 Å². The van der Waals surface area contributed by atoms with Gasteiger partial charge in [0.15, 0.2) is 6.10 Å². The molecule has 2 atom stereocenters. The topological polar surface area (TPSA) is 164 Å². The second-order valence-corrected chi connectivity index (χ2v) is 13.8. The first kappa shape index (κ1) is 38.7. The molecular formula is C33H50N3O9P. The van der Waals surface area contributed by atoms with Crippen LogP contribution >= 0.6 is 7.82 Å². The number of carbonyl (C=O) groups is 3. The van der Waals surface area contributed by atoms with Crippen LogP contribution in [0.3, 0.4) is 0 Å². The zero-order valence-corrected chi connectivity index (χ0v) is 29.0. The lowest BCUT2D eigenvalue weighted by Crippen LogP contribution is -2.32. The molecular weight excluding hydrogens is 613 g/mol. The van der Waals surface area contributed by atoms with E-state index in [1.165, 1.54) is 13.8 Å². The van der Waals surface area contributed by atoms with Gasteiger partial charge >= 0.3 is 25.8 Å². The van der Waals surface area contributed by atoms with Crippen molar-refractivity contribution in [2.45, 2.75) is 80.3 Å². The van der Waals surface area contributed by atoms with E-state index in [1.807, 2.05) is 56.3 Å². The number of hydrogen-bond donors (Lipinski definition) is 4. The Morgan fingerprint density at radius 1 is 0.891 bits per heavy atom. The zero-order chi connectivity index (χ0) is 34.6. The van der Waals surface area contributed by atoms with Crippen LogP contribution in [0, 0.1) is 24.7 Å². The van der Waals surface area contributed by atoms with E-state index < -0.39 is 44.6 Å². The average Bonchev–Trinajstić information content (AvgIpc) is 2.94. The summed E-state index contributed by atoms with van der Waals surface area (Å²) in [5.74, 6) is -1.81. The Bertz CT molecular complexity index is 1330. The van der Waals surface area contributed by atoms with Crippen LogP contribution in [-0.4, -0.2) is 53.7 Å². The van der Waals surface area contributed by atoms with Crippen molar-refractivity contribution in [3.63, 3.8) is 0 Å². The molecule has 0 fully saturated rings. The molecule has 12 nitrogen and oxygen atoms in total. The summed E-state index contributed by atoms with van der Waals surface area (Å²) in [7, 11) is -4.94. The van der Waals surface area contributed by atoms with Gasteiger partial charge in [0.1, 0.15) is 0 Å². The van der Waals surface area contributed by atoms with E-state index in [0.717, 1.165) is 29.9 Å².